The highest BCUT2D eigenvalue weighted by molar-refractivity contribution is 7.14. The van der Waals surface area contributed by atoms with Crippen molar-refractivity contribution in [1.29, 1.82) is 0 Å². The minimum absolute atomic E-state index is 0.0853. The van der Waals surface area contributed by atoms with Crippen LogP contribution in [0.1, 0.15) is 21.6 Å². The number of rotatable bonds is 4. The van der Waals surface area contributed by atoms with E-state index >= 15 is 0 Å². The van der Waals surface area contributed by atoms with E-state index in [4.69, 9.17) is 5.11 Å². The largest absolute Gasteiger partial charge is 0.476 e. The molecule has 0 atom stereocenters. The number of carbonyl (C=O) groups is 1. The second kappa shape index (κ2) is 4.97. The molecule has 0 spiro atoms. The van der Waals surface area contributed by atoms with Crippen molar-refractivity contribution in [3.8, 4) is 0 Å². The fourth-order valence-electron chi connectivity index (χ4n) is 1.41. The molecule has 88 valence electrons. The molecule has 1 heterocycles. The summed E-state index contributed by atoms with van der Waals surface area (Å²) in [6.45, 7) is 2.63. The minimum Gasteiger partial charge on any atom is -0.476 e. The Labute approximate surface area is 103 Å². The van der Waals surface area contributed by atoms with Crippen LogP contribution >= 0.6 is 11.3 Å². The van der Waals surface area contributed by atoms with Crippen molar-refractivity contribution < 1.29 is 9.90 Å². The molecular formula is C12H12N2O2S. The molecule has 0 bridgehead atoms. The second-order valence-electron chi connectivity index (χ2n) is 3.67. The van der Waals surface area contributed by atoms with E-state index in [1.807, 2.05) is 31.2 Å². The van der Waals surface area contributed by atoms with Gasteiger partial charge in [0.2, 0.25) is 0 Å². The van der Waals surface area contributed by atoms with Crippen LogP contribution in [0.3, 0.4) is 0 Å². The van der Waals surface area contributed by atoms with E-state index < -0.39 is 5.97 Å². The maximum absolute atomic E-state index is 10.8. The first-order valence-corrected chi connectivity index (χ1v) is 6.01. The number of nitrogens with one attached hydrogen (secondary N) is 1. The zero-order valence-electron chi connectivity index (χ0n) is 9.30. The molecule has 0 fully saturated rings. The third-order valence-corrected chi connectivity index (χ3v) is 3.13. The van der Waals surface area contributed by atoms with Gasteiger partial charge in [-0.2, -0.15) is 0 Å². The van der Waals surface area contributed by atoms with Crippen molar-refractivity contribution in [2.45, 2.75) is 13.5 Å². The quantitative estimate of drug-likeness (QED) is 0.873. The molecule has 1 aromatic carbocycles. The molecular weight excluding hydrogens is 236 g/mol. The number of carboxylic acid groups (broad SMARTS) is 1. The molecule has 2 N–H and O–H groups in total. The number of aryl methyl sites for hydroxylation is 1. The summed E-state index contributed by atoms with van der Waals surface area (Å²) in [6, 6.07) is 8.09. The Morgan fingerprint density at radius 1 is 1.41 bits per heavy atom. The fraction of sp³-hybridized carbons (Fsp3) is 0.167. The standard InChI is InChI=1S/C12H12N2O2S/c1-8-2-4-9(5-3-8)6-13-11-10(12(15)16)14-7-17-11/h2-5,7,13H,6H2,1H3,(H,15,16). The van der Waals surface area contributed by atoms with Crippen LogP contribution in [0.2, 0.25) is 0 Å². The Morgan fingerprint density at radius 3 is 2.76 bits per heavy atom. The maximum Gasteiger partial charge on any atom is 0.357 e. The molecule has 0 saturated heterocycles. The molecule has 4 nitrogen and oxygen atoms in total. The lowest BCUT2D eigenvalue weighted by Gasteiger charge is -2.04. The number of aromatic nitrogens is 1. The van der Waals surface area contributed by atoms with Gasteiger partial charge in [0.25, 0.3) is 0 Å². The predicted molar refractivity (Wildman–Crippen MR) is 67.6 cm³/mol. The molecule has 0 radical (unpaired) electrons. The van der Waals surface area contributed by atoms with Crippen molar-refractivity contribution in [3.05, 3.63) is 46.6 Å². The van der Waals surface area contributed by atoms with Crippen molar-refractivity contribution in [3.63, 3.8) is 0 Å². The topological polar surface area (TPSA) is 62.2 Å². The van der Waals surface area contributed by atoms with Crippen molar-refractivity contribution in [2.24, 2.45) is 0 Å². The summed E-state index contributed by atoms with van der Waals surface area (Å²) in [6.07, 6.45) is 0. The third kappa shape index (κ3) is 2.82. The van der Waals surface area contributed by atoms with Crippen molar-refractivity contribution >= 4 is 22.3 Å². The summed E-state index contributed by atoms with van der Waals surface area (Å²) in [5, 5.41) is 12.6. The Balaban J connectivity index is 2.05. The van der Waals surface area contributed by atoms with Gasteiger partial charge < -0.3 is 10.4 Å². The number of hydrogen-bond donors (Lipinski definition) is 2. The minimum atomic E-state index is -1.00. The summed E-state index contributed by atoms with van der Waals surface area (Å²) in [4.78, 5) is 14.6. The fourth-order valence-corrected chi connectivity index (χ4v) is 2.08. The first-order valence-electron chi connectivity index (χ1n) is 5.13. The third-order valence-electron chi connectivity index (χ3n) is 2.34. The first-order chi connectivity index (χ1) is 8.16. The van der Waals surface area contributed by atoms with Crippen LogP contribution in [-0.4, -0.2) is 16.1 Å². The van der Waals surface area contributed by atoms with Gasteiger partial charge in [-0.25, -0.2) is 9.78 Å². The highest BCUT2D eigenvalue weighted by Crippen LogP contribution is 2.20. The van der Waals surface area contributed by atoms with E-state index in [1.165, 1.54) is 22.4 Å². The number of thiazole rings is 1. The number of hydrogen-bond acceptors (Lipinski definition) is 4. The molecule has 0 amide bonds. The molecule has 0 unspecified atom stereocenters. The molecule has 0 aliphatic rings. The van der Waals surface area contributed by atoms with E-state index in [0.29, 0.717) is 11.5 Å². The van der Waals surface area contributed by atoms with Gasteiger partial charge in [-0.3, -0.25) is 0 Å². The van der Waals surface area contributed by atoms with Gasteiger partial charge in [0.05, 0.1) is 5.51 Å². The number of carboxylic acids is 1. The molecule has 2 rings (SSSR count). The smallest absolute Gasteiger partial charge is 0.357 e. The molecule has 0 saturated carbocycles. The molecule has 2 aromatic rings. The lowest BCUT2D eigenvalue weighted by Crippen LogP contribution is -2.04. The molecule has 0 aliphatic heterocycles. The van der Waals surface area contributed by atoms with Crippen molar-refractivity contribution in [1.82, 2.24) is 4.98 Å². The van der Waals surface area contributed by atoms with E-state index in [9.17, 15) is 4.79 Å². The average Bonchev–Trinajstić information content (AvgIpc) is 2.76. The molecule has 5 heteroatoms. The Kier molecular flexibility index (Phi) is 3.39. The lowest BCUT2D eigenvalue weighted by atomic mass is 10.1. The average molecular weight is 248 g/mol. The van der Waals surface area contributed by atoms with Crippen LogP contribution in [0.25, 0.3) is 0 Å². The number of benzene rings is 1. The summed E-state index contributed by atoms with van der Waals surface area (Å²) in [7, 11) is 0. The summed E-state index contributed by atoms with van der Waals surface area (Å²) in [5.41, 5.74) is 3.93. The highest BCUT2D eigenvalue weighted by Gasteiger charge is 2.12. The Morgan fingerprint density at radius 2 is 2.12 bits per heavy atom. The number of anilines is 1. The van der Waals surface area contributed by atoms with Gasteiger partial charge in [0.1, 0.15) is 5.00 Å². The molecule has 17 heavy (non-hydrogen) atoms. The number of nitrogens with zero attached hydrogens (tertiary/aromatic N) is 1. The van der Waals surface area contributed by atoms with Gasteiger partial charge in [-0.1, -0.05) is 29.8 Å². The van der Waals surface area contributed by atoms with Crippen LogP contribution in [0.15, 0.2) is 29.8 Å². The van der Waals surface area contributed by atoms with Crippen molar-refractivity contribution in [2.75, 3.05) is 5.32 Å². The molecule has 1 aromatic heterocycles. The highest BCUT2D eigenvalue weighted by atomic mass is 32.1. The zero-order chi connectivity index (χ0) is 12.3. The van der Waals surface area contributed by atoms with Gasteiger partial charge in [0.15, 0.2) is 5.69 Å². The summed E-state index contributed by atoms with van der Waals surface area (Å²) < 4.78 is 0. The first kappa shape index (κ1) is 11.6. The zero-order valence-corrected chi connectivity index (χ0v) is 10.1. The van der Waals surface area contributed by atoms with Gasteiger partial charge in [-0.15, -0.1) is 11.3 Å². The summed E-state index contributed by atoms with van der Waals surface area (Å²) in [5.74, 6) is -1.00. The predicted octanol–water partition coefficient (Wildman–Crippen LogP) is 2.76. The molecule has 0 aliphatic carbocycles. The van der Waals surface area contributed by atoms with E-state index in [-0.39, 0.29) is 5.69 Å². The monoisotopic (exact) mass is 248 g/mol. The number of aromatic carboxylic acids is 1. The van der Waals surface area contributed by atoms with Crippen LogP contribution in [0.5, 0.6) is 0 Å². The van der Waals surface area contributed by atoms with Crippen LogP contribution in [0, 0.1) is 6.92 Å². The van der Waals surface area contributed by atoms with E-state index in [1.54, 1.807) is 0 Å². The van der Waals surface area contributed by atoms with Gasteiger partial charge >= 0.3 is 5.97 Å². The van der Waals surface area contributed by atoms with Crippen LogP contribution in [-0.2, 0) is 6.54 Å². The van der Waals surface area contributed by atoms with E-state index in [0.717, 1.165) is 5.56 Å². The second-order valence-corrected chi connectivity index (χ2v) is 4.53. The Bertz CT molecular complexity index is 520. The SMILES string of the molecule is Cc1ccc(CNc2scnc2C(=O)O)cc1. The van der Waals surface area contributed by atoms with Crippen LogP contribution < -0.4 is 5.32 Å². The normalized spacial score (nSPS) is 10.2. The van der Waals surface area contributed by atoms with Gasteiger partial charge in [-0.05, 0) is 12.5 Å². The van der Waals surface area contributed by atoms with E-state index in [2.05, 4.69) is 10.3 Å². The lowest BCUT2D eigenvalue weighted by molar-refractivity contribution is 0.0692. The van der Waals surface area contributed by atoms with Gasteiger partial charge in [0, 0.05) is 6.54 Å². The Hall–Kier alpha value is -1.88. The maximum atomic E-state index is 10.8. The van der Waals surface area contributed by atoms with Crippen LogP contribution in [0.4, 0.5) is 5.00 Å². The summed E-state index contributed by atoms with van der Waals surface area (Å²) >= 11 is 1.30.